The molecule has 110 valence electrons. The van der Waals surface area contributed by atoms with Crippen LogP contribution in [-0.2, 0) is 0 Å². The van der Waals surface area contributed by atoms with Crippen molar-refractivity contribution in [3.63, 3.8) is 0 Å². The van der Waals surface area contributed by atoms with Gasteiger partial charge in [0.1, 0.15) is 5.76 Å². The number of para-hydroxylation sites is 1. The van der Waals surface area contributed by atoms with Crippen LogP contribution in [0.15, 0.2) is 28.7 Å². The Morgan fingerprint density at radius 1 is 1.40 bits per heavy atom. The number of furan rings is 1. The molecule has 4 heteroatoms. The van der Waals surface area contributed by atoms with E-state index >= 15 is 0 Å². The number of rotatable bonds is 7. The van der Waals surface area contributed by atoms with Crippen LogP contribution in [0.1, 0.15) is 38.5 Å². The fraction of sp³-hybridized carbons (Fsp3) is 0.500. The van der Waals surface area contributed by atoms with Gasteiger partial charge in [-0.1, -0.05) is 25.5 Å². The van der Waals surface area contributed by atoms with E-state index in [4.69, 9.17) is 9.15 Å². The molecule has 1 aromatic carbocycles. The van der Waals surface area contributed by atoms with Gasteiger partial charge in [0.25, 0.3) is 0 Å². The number of hydrogen-bond acceptors (Lipinski definition) is 4. The highest BCUT2D eigenvalue weighted by atomic mass is 16.5. The lowest BCUT2D eigenvalue weighted by atomic mass is 10.2. The highest BCUT2D eigenvalue weighted by Crippen LogP contribution is 2.30. The van der Waals surface area contributed by atoms with Gasteiger partial charge in [-0.3, -0.25) is 0 Å². The zero-order valence-electron chi connectivity index (χ0n) is 12.3. The molecule has 2 aromatic rings. The quantitative estimate of drug-likeness (QED) is 0.815. The fourth-order valence-electron chi connectivity index (χ4n) is 2.28. The molecule has 0 amide bonds. The SMILES string of the molecule is CCCC(O)CNC(C)c1cc2cccc(OC)c2o1. The Labute approximate surface area is 119 Å². The molecule has 2 unspecified atom stereocenters. The third-order valence-corrected chi connectivity index (χ3v) is 3.46. The fourth-order valence-corrected chi connectivity index (χ4v) is 2.28. The first-order chi connectivity index (χ1) is 9.65. The average Bonchev–Trinajstić information content (AvgIpc) is 2.89. The predicted molar refractivity (Wildman–Crippen MR) is 80.1 cm³/mol. The van der Waals surface area contributed by atoms with Crippen molar-refractivity contribution in [1.82, 2.24) is 5.32 Å². The first-order valence-corrected chi connectivity index (χ1v) is 7.13. The van der Waals surface area contributed by atoms with E-state index in [9.17, 15) is 5.11 Å². The van der Waals surface area contributed by atoms with Gasteiger partial charge >= 0.3 is 0 Å². The van der Waals surface area contributed by atoms with Gasteiger partial charge in [-0.05, 0) is 25.5 Å². The van der Waals surface area contributed by atoms with Crippen LogP contribution in [0.3, 0.4) is 0 Å². The standard InChI is InChI=1S/C16H23NO3/c1-4-6-13(18)10-17-11(2)15-9-12-7-5-8-14(19-3)16(12)20-15/h5,7-9,11,13,17-18H,4,6,10H2,1-3H3. The number of fused-ring (bicyclic) bond motifs is 1. The zero-order chi connectivity index (χ0) is 14.5. The summed E-state index contributed by atoms with van der Waals surface area (Å²) >= 11 is 0. The van der Waals surface area contributed by atoms with E-state index in [1.165, 1.54) is 0 Å². The van der Waals surface area contributed by atoms with Crippen molar-refractivity contribution in [2.24, 2.45) is 0 Å². The molecule has 2 atom stereocenters. The Morgan fingerprint density at radius 3 is 2.90 bits per heavy atom. The number of aliphatic hydroxyl groups is 1. The van der Waals surface area contributed by atoms with Gasteiger partial charge in [0.05, 0.1) is 19.3 Å². The molecule has 0 aliphatic rings. The second-order valence-electron chi connectivity index (χ2n) is 5.10. The van der Waals surface area contributed by atoms with E-state index < -0.39 is 0 Å². The Balaban J connectivity index is 2.08. The lowest BCUT2D eigenvalue weighted by molar-refractivity contribution is 0.156. The number of hydrogen-bond donors (Lipinski definition) is 2. The summed E-state index contributed by atoms with van der Waals surface area (Å²) in [6.45, 7) is 4.67. The number of methoxy groups -OCH3 is 1. The molecule has 0 spiro atoms. The van der Waals surface area contributed by atoms with Crippen LogP contribution in [0, 0.1) is 0 Å². The molecule has 2 N–H and O–H groups in total. The summed E-state index contributed by atoms with van der Waals surface area (Å²) in [6.07, 6.45) is 1.49. The number of ether oxygens (including phenoxy) is 1. The summed E-state index contributed by atoms with van der Waals surface area (Å²) in [5.41, 5.74) is 0.771. The molecule has 0 saturated carbocycles. The molecule has 20 heavy (non-hydrogen) atoms. The molecule has 1 heterocycles. The zero-order valence-corrected chi connectivity index (χ0v) is 12.3. The number of benzene rings is 1. The Morgan fingerprint density at radius 2 is 2.20 bits per heavy atom. The van der Waals surface area contributed by atoms with Crippen molar-refractivity contribution in [3.05, 3.63) is 30.0 Å². The summed E-state index contributed by atoms with van der Waals surface area (Å²) < 4.78 is 11.2. The second-order valence-corrected chi connectivity index (χ2v) is 5.10. The minimum atomic E-state index is -0.304. The van der Waals surface area contributed by atoms with Crippen molar-refractivity contribution in [2.45, 2.75) is 38.8 Å². The van der Waals surface area contributed by atoms with E-state index in [0.29, 0.717) is 6.54 Å². The van der Waals surface area contributed by atoms with Crippen LogP contribution in [0.5, 0.6) is 5.75 Å². The summed E-state index contributed by atoms with van der Waals surface area (Å²) in [4.78, 5) is 0. The summed E-state index contributed by atoms with van der Waals surface area (Å²) in [6, 6.07) is 7.91. The summed E-state index contributed by atoms with van der Waals surface area (Å²) in [5.74, 6) is 1.60. The minimum Gasteiger partial charge on any atom is -0.493 e. The Kier molecular flexibility index (Phi) is 5.04. The molecule has 0 bridgehead atoms. The summed E-state index contributed by atoms with van der Waals surface area (Å²) in [7, 11) is 1.64. The molecule has 0 fully saturated rings. The monoisotopic (exact) mass is 277 g/mol. The molecular weight excluding hydrogens is 254 g/mol. The van der Waals surface area contributed by atoms with E-state index in [2.05, 4.69) is 12.2 Å². The van der Waals surface area contributed by atoms with Crippen molar-refractivity contribution >= 4 is 11.0 Å². The second kappa shape index (κ2) is 6.77. The topological polar surface area (TPSA) is 54.6 Å². The maximum atomic E-state index is 9.75. The molecule has 0 radical (unpaired) electrons. The molecular formula is C16H23NO3. The lowest BCUT2D eigenvalue weighted by Gasteiger charge is -2.14. The molecule has 1 aromatic heterocycles. The largest absolute Gasteiger partial charge is 0.493 e. The van der Waals surface area contributed by atoms with Crippen molar-refractivity contribution < 1.29 is 14.3 Å². The van der Waals surface area contributed by atoms with E-state index in [-0.39, 0.29) is 12.1 Å². The molecule has 0 saturated heterocycles. The smallest absolute Gasteiger partial charge is 0.176 e. The molecule has 2 rings (SSSR count). The maximum Gasteiger partial charge on any atom is 0.176 e. The van der Waals surface area contributed by atoms with Gasteiger partial charge in [0.2, 0.25) is 0 Å². The first kappa shape index (κ1) is 14.9. The van der Waals surface area contributed by atoms with Crippen LogP contribution in [0.2, 0.25) is 0 Å². The minimum absolute atomic E-state index is 0.0543. The third-order valence-electron chi connectivity index (χ3n) is 3.46. The Hall–Kier alpha value is -1.52. The van der Waals surface area contributed by atoms with E-state index in [1.54, 1.807) is 7.11 Å². The lowest BCUT2D eigenvalue weighted by Crippen LogP contribution is -2.28. The van der Waals surface area contributed by atoms with Crippen molar-refractivity contribution in [3.8, 4) is 5.75 Å². The van der Waals surface area contributed by atoms with Crippen LogP contribution < -0.4 is 10.1 Å². The molecule has 0 aliphatic heterocycles. The number of nitrogens with one attached hydrogen (secondary N) is 1. The van der Waals surface area contributed by atoms with Gasteiger partial charge in [-0.2, -0.15) is 0 Å². The van der Waals surface area contributed by atoms with Gasteiger partial charge < -0.3 is 19.6 Å². The highest BCUT2D eigenvalue weighted by molar-refractivity contribution is 5.83. The maximum absolute atomic E-state index is 9.75. The molecule has 4 nitrogen and oxygen atoms in total. The number of aliphatic hydroxyl groups excluding tert-OH is 1. The molecule has 0 aliphatic carbocycles. The van der Waals surface area contributed by atoms with E-state index in [0.717, 1.165) is 35.3 Å². The van der Waals surface area contributed by atoms with Crippen molar-refractivity contribution in [1.29, 1.82) is 0 Å². The van der Waals surface area contributed by atoms with Crippen LogP contribution in [-0.4, -0.2) is 24.9 Å². The van der Waals surface area contributed by atoms with E-state index in [1.807, 2.05) is 31.2 Å². The third kappa shape index (κ3) is 3.32. The van der Waals surface area contributed by atoms with Crippen LogP contribution in [0.4, 0.5) is 0 Å². The van der Waals surface area contributed by atoms with Gasteiger partial charge in [0, 0.05) is 11.9 Å². The van der Waals surface area contributed by atoms with Crippen LogP contribution in [0.25, 0.3) is 11.0 Å². The highest BCUT2D eigenvalue weighted by Gasteiger charge is 2.14. The van der Waals surface area contributed by atoms with Gasteiger partial charge in [-0.25, -0.2) is 0 Å². The Bertz CT molecular complexity index is 550. The summed E-state index contributed by atoms with van der Waals surface area (Å²) in [5, 5.41) is 14.1. The average molecular weight is 277 g/mol. The normalized spacial score (nSPS) is 14.4. The van der Waals surface area contributed by atoms with Gasteiger partial charge in [0.15, 0.2) is 11.3 Å². The first-order valence-electron chi connectivity index (χ1n) is 7.13. The van der Waals surface area contributed by atoms with Crippen LogP contribution >= 0.6 is 0 Å². The van der Waals surface area contributed by atoms with Crippen molar-refractivity contribution in [2.75, 3.05) is 13.7 Å². The van der Waals surface area contributed by atoms with Gasteiger partial charge in [-0.15, -0.1) is 0 Å². The predicted octanol–water partition coefficient (Wildman–Crippen LogP) is 3.25.